The van der Waals surface area contributed by atoms with Crippen LogP contribution in [0.1, 0.15) is 18.5 Å². The molecule has 5 heteroatoms. The van der Waals surface area contributed by atoms with Crippen LogP contribution in [0, 0.1) is 0 Å². The van der Waals surface area contributed by atoms with E-state index in [1.54, 1.807) is 0 Å². The third-order valence-corrected chi connectivity index (χ3v) is 4.13. The fraction of sp³-hybridized carbons (Fsp3) is 0.600. The molecule has 20 heavy (non-hydrogen) atoms. The molecule has 1 aromatic rings. The summed E-state index contributed by atoms with van der Waals surface area (Å²) in [5.74, 6) is 0. The third-order valence-electron chi connectivity index (χ3n) is 3.60. The van der Waals surface area contributed by atoms with Crippen molar-refractivity contribution in [3.63, 3.8) is 0 Å². The second-order valence-corrected chi connectivity index (χ2v) is 6.16. The highest BCUT2D eigenvalue weighted by Gasteiger charge is 2.15. The number of hydrogen-bond donors (Lipinski definition) is 2. The van der Waals surface area contributed by atoms with E-state index in [2.05, 4.69) is 45.2 Å². The Labute approximate surface area is 129 Å². The SMILES string of the molecule is C[C@@H](NCC(O)CN1CCOCC1)c1ccc(Br)cc1. The zero-order chi connectivity index (χ0) is 14.4. The predicted octanol–water partition coefficient (Wildman–Crippen LogP) is 1.79. The number of nitrogens with zero attached hydrogens (tertiary/aromatic N) is 1. The Kier molecular flexibility index (Phi) is 6.45. The average molecular weight is 343 g/mol. The molecular formula is C15H23BrN2O2. The van der Waals surface area contributed by atoms with E-state index in [4.69, 9.17) is 4.74 Å². The lowest BCUT2D eigenvalue weighted by atomic mass is 10.1. The molecule has 0 radical (unpaired) electrons. The third kappa shape index (κ3) is 5.14. The van der Waals surface area contributed by atoms with Gasteiger partial charge in [0.2, 0.25) is 0 Å². The van der Waals surface area contributed by atoms with Gasteiger partial charge in [-0.15, -0.1) is 0 Å². The van der Waals surface area contributed by atoms with E-state index in [0.717, 1.165) is 30.8 Å². The lowest BCUT2D eigenvalue weighted by molar-refractivity contribution is 0.0145. The maximum atomic E-state index is 10.1. The molecule has 2 N–H and O–H groups in total. The minimum absolute atomic E-state index is 0.238. The number of aliphatic hydroxyl groups is 1. The van der Waals surface area contributed by atoms with Crippen LogP contribution < -0.4 is 5.32 Å². The number of ether oxygens (including phenoxy) is 1. The molecule has 1 aliphatic heterocycles. The van der Waals surface area contributed by atoms with Crippen LogP contribution >= 0.6 is 15.9 Å². The number of halogens is 1. The van der Waals surface area contributed by atoms with E-state index < -0.39 is 0 Å². The predicted molar refractivity (Wildman–Crippen MR) is 83.8 cm³/mol. The van der Waals surface area contributed by atoms with Crippen LogP contribution in [0.25, 0.3) is 0 Å². The molecule has 0 spiro atoms. The van der Waals surface area contributed by atoms with Gasteiger partial charge in [0.1, 0.15) is 0 Å². The van der Waals surface area contributed by atoms with Crippen molar-refractivity contribution in [3.05, 3.63) is 34.3 Å². The molecule has 0 bridgehead atoms. The first kappa shape index (κ1) is 15.9. The summed E-state index contributed by atoms with van der Waals surface area (Å²) < 4.78 is 6.39. The summed E-state index contributed by atoms with van der Waals surface area (Å²) in [5.41, 5.74) is 1.23. The van der Waals surface area contributed by atoms with E-state index in [1.165, 1.54) is 5.56 Å². The van der Waals surface area contributed by atoms with Crippen LogP contribution in [-0.2, 0) is 4.74 Å². The first-order chi connectivity index (χ1) is 9.65. The van der Waals surface area contributed by atoms with Crippen LogP contribution in [-0.4, -0.2) is 55.5 Å². The summed E-state index contributed by atoms with van der Waals surface area (Å²) in [6.45, 7) is 6.81. The van der Waals surface area contributed by atoms with E-state index >= 15 is 0 Å². The van der Waals surface area contributed by atoms with Crippen LogP contribution in [0.5, 0.6) is 0 Å². The number of rotatable bonds is 6. The Balaban J connectivity index is 1.71. The van der Waals surface area contributed by atoms with Crippen LogP contribution in [0.2, 0.25) is 0 Å². The molecule has 4 nitrogen and oxygen atoms in total. The monoisotopic (exact) mass is 342 g/mol. The van der Waals surface area contributed by atoms with Gasteiger partial charge in [-0.25, -0.2) is 0 Å². The van der Waals surface area contributed by atoms with Crippen molar-refractivity contribution < 1.29 is 9.84 Å². The molecule has 1 heterocycles. The van der Waals surface area contributed by atoms with E-state index in [1.807, 2.05) is 12.1 Å². The van der Waals surface area contributed by atoms with E-state index in [-0.39, 0.29) is 12.1 Å². The topological polar surface area (TPSA) is 44.7 Å². The summed E-state index contributed by atoms with van der Waals surface area (Å²) in [6.07, 6.45) is -0.342. The minimum Gasteiger partial charge on any atom is -0.390 e. The van der Waals surface area contributed by atoms with Crippen molar-refractivity contribution in [2.45, 2.75) is 19.1 Å². The van der Waals surface area contributed by atoms with Crippen molar-refractivity contribution in [3.8, 4) is 0 Å². The number of hydrogen-bond acceptors (Lipinski definition) is 4. The van der Waals surface area contributed by atoms with Gasteiger partial charge in [0.25, 0.3) is 0 Å². The average Bonchev–Trinajstić information content (AvgIpc) is 2.46. The molecule has 1 aromatic carbocycles. The highest BCUT2D eigenvalue weighted by atomic mass is 79.9. The number of nitrogens with one attached hydrogen (secondary N) is 1. The highest BCUT2D eigenvalue weighted by molar-refractivity contribution is 9.10. The Morgan fingerprint density at radius 3 is 2.60 bits per heavy atom. The zero-order valence-corrected chi connectivity index (χ0v) is 13.5. The standard InChI is InChI=1S/C15H23BrN2O2/c1-12(13-2-4-14(16)5-3-13)17-10-15(19)11-18-6-8-20-9-7-18/h2-5,12,15,17,19H,6-11H2,1H3/t12-,15?/m1/s1. The molecule has 1 unspecified atom stereocenters. The van der Waals surface area contributed by atoms with Crippen molar-refractivity contribution in [2.24, 2.45) is 0 Å². The molecule has 2 atom stereocenters. The summed E-state index contributed by atoms with van der Waals surface area (Å²) in [6, 6.07) is 8.50. The van der Waals surface area contributed by atoms with Crippen LogP contribution in [0.3, 0.4) is 0 Å². The summed E-state index contributed by atoms with van der Waals surface area (Å²) >= 11 is 3.44. The number of β-amino-alcohol motifs (C(OH)–C–C–N with tert-alkyl or cyclic N) is 1. The smallest absolute Gasteiger partial charge is 0.0791 e. The maximum absolute atomic E-state index is 10.1. The fourth-order valence-corrected chi connectivity index (χ4v) is 2.59. The first-order valence-corrected chi connectivity index (χ1v) is 7.91. The number of aliphatic hydroxyl groups excluding tert-OH is 1. The quantitative estimate of drug-likeness (QED) is 0.827. The van der Waals surface area contributed by atoms with Gasteiger partial charge in [0.05, 0.1) is 19.3 Å². The largest absolute Gasteiger partial charge is 0.390 e. The summed E-state index contributed by atoms with van der Waals surface area (Å²) in [5, 5.41) is 13.5. The lowest BCUT2D eigenvalue weighted by Crippen LogP contribution is -2.44. The van der Waals surface area contributed by atoms with Crippen molar-refractivity contribution in [1.82, 2.24) is 10.2 Å². The number of morpholine rings is 1. The Morgan fingerprint density at radius 1 is 1.30 bits per heavy atom. The van der Waals surface area contributed by atoms with Crippen molar-refractivity contribution in [1.29, 1.82) is 0 Å². The van der Waals surface area contributed by atoms with Gasteiger partial charge in [-0.3, -0.25) is 4.90 Å². The summed E-state index contributed by atoms with van der Waals surface area (Å²) in [7, 11) is 0. The molecular weight excluding hydrogens is 320 g/mol. The fourth-order valence-electron chi connectivity index (χ4n) is 2.33. The van der Waals surface area contributed by atoms with Crippen LogP contribution in [0.4, 0.5) is 0 Å². The van der Waals surface area contributed by atoms with Gasteiger partial charge in [-0.05, 0) is 24.6 Å². The molecule has 0 saturated carbocycles. The second kappa shape index (κ2) is 8.10. The molecule has 0 aromatic heterocycles. The Hall–Kier alpha value is -0.460. The molecule has 1 fully saturated rings. The molecule has 2 rings (SSSR count). The van der Waals surface area contributed by atoms with Crippen LogP contribution in [0.15, 0.2) is 28.7 Å². The van der Waals surface area contributed by atoms with Crippen molar-refractivity contribution >= 4 is 15.9 Å². The van der Waals surface area contributed by atoms with Gasteiger partial charge in [-0.1, -0.05) is 28.1 Å². The molecule has 1 aliphatic rings. The lowest BCUT2D eigenvalue weighted by Gasteiger charge is -2.29. The van der Waals surface area contributed by atoms with Gasteiger partial charge < -0.3 is 15.2 Å². The Morgan fingerprint density at radius 2 is 1.95 bits per heavy atom. The van der Waals surface area contributed by atoms with Gasteiger partial charge in [0.15, 0.2) is 0 Å². The Bertz CT molecular complexity index is 393. The maximum Gasteiger partial charge on any atom is 0.0791 e. The van der Waals surface area contributed by atoms with Gasteiger partial charge in [0, 0.05) is 36.7 Å². The molecule has 0 aliphatic carbocycles. The molecule has 0 amide bonds. The van der Waals surface area contributed by atoms with Gasteiger partial charge in [-0.2, -0.15) is 0 Å². The molecule has 112 valence electrons. The minimum atomic E-state index is -0.342. The highest BCUT2D eigenvalue weighted by Crippen LogP contribution is 2.16. The zero-order valence-electron chi connectivity index (χ0n) is 11.9. The van der Waals surface area contributed by atoms with E-state index in [9.17, 15) is 5.11 Å². The van der Waals surface area contributed by atoms with Crippen molar-refractivity contribution in [2.75, 3.05) is 39.4 Å². The van der Waals surface area contributed by atoms with E-state index in [0.29, 0.717) is 13.1 Å². The first-order valence-electron chi connectivity index (χ1n) is 7.12. The van der Waals surface area contributed by atoms with Gasteiger partial charge >= 0.3 is 0 Å². The molecule has 1 saturated heterocycles. The normalized spacial score (nSPS) is 19.8. The summed E-state index contributed by atoms with van der Waals surface area (Å²) in [4.78, 5) is 2.25. The second-order valence-electron chi connectivity index (χ2n) is 5.25. The number of benzene rings is 1.